The highest BCUT2D eigenvalue weighted by atomic mass is 35.5. The number of hydrogen-bond acceptors (Lipinski definition) is 5. The van der Waals surface area contributed by atoms with Crippen molar-refractivity contribution >= 4 is 23.6 Å². The number of ether oxygens (including phenoxy) is 1. The van der Waals surface area contributed by atoms with Gasteiger partial charge in [-0.3, -0.25) is 4.79 Å². The van der Waals surface area contributed by atoms with Gasteiger partial charge in [-0.1, -0.05) is 35.9 Å². The molecule has 8 nitrogen and oxygen atoms in total. The molecule has 0 aromatic heterocycles. The van der Waals surface area contributed by atoms with Crippen molar-refractivity contribution in [3.63, 3.8) is 0 Å². The topological polar surface area (TPSA) is 125 Å². The molecule has 4 atom stereocenters. The predicted molar refractivity (Wildman–Crippen MR) is 146 cm³/mol. The number of aliphatic hydroxyl groups is 1. The third-order valence-electron chi connectivity index (χ3n) is 7.88. The first-order valence-corrected chi connectivity index (χ1v) is 13.8. The van der Waals surface area contributed by atoms with E-state index < -0.39 is 11.7 Å². The maximum atomic E-state index is 13.4. The number of amides is 2. The number of benzene rings is 2. The molecule has 4 rings (SSSR count). The lowest BCUT2D eigenvalue weighted by molar-refractivity contribution is -0.141. The first kappa shape index (κ1) is 28.2. The summed E-state index contributed by atoms with van der Waals surface area (Å²) in [5.74, 6) is 0.743. The molecule has 2 aromatic carbocycles. The van der Waals surface area contributed by atoms with E-state index >= 15 is 0 Å². The van der Waals surface area contributed by atoms with Crippen LogP contribution in [0.15, 0.2) is 42.5 Å². The molecule has 0 bridgehead atoms. The van der Waals surface area contributed by atoms with Gasteiger partial charge in [-0.05, 0) is 75.6 Å². The van der Waals surface area contributed by atoms with Crippen molar-refractivity contribution in [1.29, 1.82) is 0 Å². The molecule has 206 valence electrons. The van der Waals surface area contributed by atoms with Gasteiger partial charge in [-0.2, -0.15) is 0 Å². The molecular weight excluding hydrogens is 506 g/mol. The van der Waals surface area contributed by atoms with Crippen molar-refractivity contribution in [1.82, 2.24) is 10.2 Å². The van der Waals surface area contributed by atoms with E-state index in [0.29, 0.717) is 54.4 Å². The van der Waals surface area contributed by atoms with Crippen LogP contribution >= 0.6 is 11.6 Å². The summed E-state index contributed by atoms with van der Waals surface area (Å²) in [5.41, 5.74) is 6.25. The van der Waals surface area contributed by atoms with Crippen molar-refractivity contribution in [3.05, 3.63) is 58.6 Å². The predicted octanol–water partition coefficient (Wildman–Crippen LogP) is 5.04. The van der Waals surface area contributed by atoms with Crippen LogP contribution in [0.2, 0.25) is 5.02 Å². The highest BCUT2D eigenvalue weighted by Crippen LogP contribution is 2.46. The quantitative estimate of drug-likeness (QED) is 0.328. The summed E-state index contributed by atoms with van der Waals surface area (Å²) in [7, 11) is 0. The summed E-state index contributed by atoms with van der Waals surface area (Å²) in [4.78, 5) is 26.3. The monoisotopic (exact) mass is 543 g/mol. The molecule has 9 heteroatoms. The van der Waals surface area contributed by atoms with Gasteiger partial charge in [0.25, 0.3) is 0 Å². The molecule has 2 amide bonds. The smallest absolute Gasteiger partial charge is 0.404 e. The average molecular weight is 544 g/mol. The first-order valence-electron chi connectivity index (χ1n) is 13.4. The molecular formula is C29H38ClN3O5. The highest BCUT2D eigenvalue weighted by molar-refractivity contribution is 6.32. The van der Waals surface area contributed by atoms with Crippen LogP contribution in [0.1, 0.15) is 56.1 Å². The van der Waals surface area contributed by atoms with Gasteiger partial charge in [0.05, 0.1) is 10.6 Å². The molecule has 0 radical (unpaired) electrons. The third kappa shape index (κ3) is 6.60. The second-order valence-electron chi connectivity index (χ2n) is 10.7. The Labute approximate surface area is 229 Å². The lowest BCUT2D eigenvalue weighted by Gasteiger charge is -2.44. The number of carbonyl (C=O) groups is 2. The van der Waals surface area contributed by atoms with Gasteiger partial charge in [0, 0.05) is 43.1 Å². The minimum atomic E-state index is -1.39. The Morgan fingerprint density at radius 3 is 2.71 bits per heavy atom. The number of piperidine rings is 1. The fourth-order valence-corrected chi connectivity index (χ4v) is 6.14. The number of nitrogens with one attached hydrogen (secondary N) is 1. The van der Waals surface area contributed by atoms with Crippen molar-refractivity contribution in [3.8, 4) is 11.5 Å². The standard InChI is InChI=1S/C29H38ClN3O5/c1-19-6-2-8-23(16-19)38-26-24(9-3-10-25(26)30)29(37,13-5-14-32-28(35)36)21-7-4-15-33(18-21)27(34)20-11-12-22(31)17-20/h2-3,6,8-10,16,20-22,32,37H,4-5,7,11-15,17-18,31H2,1H3,(H,35,36). The van der Waals surface area contributed by atoms with Gasteiger partial charge >= 0.3 is 6.09 Å². The second-order valence-corrected chi connectivity index (χ2v) is 11.1. The summed E-state index contributed by atoms with van der Waals surface area (Å²) < 4.78 is 6.27. The number of hydrogen-bond donors (Lipinski definition) is 4. The molecule has 4 unspecified atom stereocenters. The van der Waals surface area contributed by atoms with Gasteiger partial charge in [-0.15, -0.1) is 0 Å². The Hall–Kier alpha value is -2.81. The number of halogens is 1. The fourth-order valence-electron chi connectivity index (χ4n) is 5.93. The summed E-state index contributed by atoms with van der Waals surface area (Å²) in [5, 5.41) is 24.2. The van der Waals surface area contributed by atoms with Crippen molar-refractivity contribution in [2.24, 2.45) is 17.6 Å². The Morgan fingerprint density at radius 2 is 2.00 bits per heavy atom. The van der Waals surface area contributed by atoms with Gasteiger partial charge in [0.2, 0.25) is 5.91 Å². The van der Waals surface area contributed by atoms with Gasteiger partial charge < -0.3 is 30.9 Å². The highest BCUT2D eigenvalue weighted by Gasteiger charge is 2.44. The van der Waals surface area contributed by atoms with Gasteiger partial charge in [-0.25, -0.2) is 4.79 Å². The van der Waals surface area contributed by atoms with Crippen LogP contribution < -0.4 is 15.8 Å². The molecule has 1 aliphatic carbocycles. The fraction of sp³-hybridized carbons (Fsp3) is 0.517. The number of nitrogens with zero attached hydrogens (tertiary/aromatic N) is 1. The molecule has 1 saturated carbocycles. The number of likely N-dealkylation sites (tertiary alicyclic amines) is 1. The van der Waals surface area contributed by atoms with Crippen molar-refractivity contribution < 1.29 is 24.5 Å². The molecule has 2 aromatic rings. The van der Waals surface area contributed by atoms with Crippen LogP contribution in [0, 0.1) is 18.8 Å². The van der Waals surface area contributed by atoms with E-state index in [1.165, 1.54) is 0 Å². The van der Waals surface area contributed by atoms with Crippen LogP contribution in [0.5, 0.6) is 11.5 Å². The summed E-state index contributed by atoms with van der Waals surface area (Å²) in [6, 6.07) is 13.0. The Balaban J connectivity index is 1.65. The van der Waals surface area contributed by atoms with E-state index in [9.17, 15) is 14.7 Å². The van der Waals surface area contributed by atoms with Gasteiger partial charge in [0.15, 0.2) is 5.75 Å². The van der Waals surface area contributed by atoms with Crippen molar-refractivity contribution in [2.45, 2.75) is 63.5 Å². The Kier molecular flexibility index (Phi) is 9.18. The largest absolute Gasteiger partial charge is 0.465 e. The maximum Gasteiger partial charge on any atom is 0.404 e. The van der Waals surface area contributed by atoms with E-state index in [2.05, 4.69) is 5.32 Å². The first-order chi connectivity index (χ1) is 18.2. The number of carboxylic acid groups (broad SMARTS) is 1. The molecule has 0 spiro atoms. The van der Waals surface area contributed by atoms with Crippen LogP contribution in [-0.4, -0.2) is 52.8 Å². The maximum absolute atomic E-state index is 13.4. The van der Waals surface area contributed by atoms with Gasteiger partial charge in [0.1, 0.15) is 5.75 Å². The normalized spacial score (nSPS) is 23.1. The Morgan fingerprint density at radius 1 is 1.21 bits per heavy atom. The van der Waals surface area contributed by atoms with E-state index in [1.807, 2.05) is 42.2 Å². The number of para-hydroxylation sites is 1. The van der Waals surface area contributed by atoms with Crippen LogP contribution in [0.3, 0.4) is 0 Å². The molecule has 2 fully saturated rings. The summed E-state index contributed by atoms with van der Waals surface area (Å²) in [6.45, 7) is 3.22. The molecule has 2 aliphatic rings. The van der Waals surface area contributed by atoms with E-state index in [1.54, 1.807) is 12.1 Å². The van der Waals surface area contributed by atoms with Crippen molar-refractivity contribution in [2.75, 3.05) is 19.6 Å². The zero-order chi connectivity index (χ0) is 27.3. The number of carbonyl (C=O) groups excluding carboxylic acids is 1. The van der Waals surface area contributed by atoms with Crippen LogP contribution in [-0.2, 0) is 10.4 Å². The SMILES string of the molecule is Cc1cccc(Oc2c(Cl)cccc2C(O)(CCCNC(=O)O)C2CCCN(C(=O)C3CCC(N)C3)C2)c1. The van der Waals surface area contributed by atoms with Crippen LogP contribution in [0.4, 0.5) is 4.79 Å². The lowest BCUT2D eigenvalue weighted by atomic mass is 9.73. The summed E-state index contributed by atoms with van der Waals surface area (Å²) in [6.07, 6.45) is 3.41. The Bertz CT molecular complexity index is 1140. The summed E-state index contributed by atoms with van der Waals surface area (Å²) >= 11 is 6.64. The average Bonchev–Trinajstić information content (AvgIpc) is 3.33. The van der Waals surface area contributed by atoms with E-state index in [0.717, 1.165) is 24.8 Å². The number of aryl methyl sites for hydroxylation is 1. The molecule has 1 saturated heterocycles. The second kappa shape index (κ2) is 12.4. The molecule has 1 aliphatic heterocycles. The molecule has 38 heavy (non-hydrogen) atoms. The van der Waals surface area contributed by atoms with E-state index in [-0.39, 0.29) is 36.8 Å². The number of rotatable bonds is 9. The number of nitrogens with two attached hydrogens (primary N) is 1. The zero-order valence-corrected chi connectivity index (χ0v) is 22.6. The van der Waals surface area contributed by atoms with E-state index in [4.69, 9.17) is 27.2 Å². The minimum absolute atomic E-state index is 0.0657. The third-order valence-corrected chi connectivity index (χ3v) is 8.18. The molecule has 1 heterocycles. The van der Waals surface area contributed by atoms with Crippen LogP contribution in [0.25, 0.3) is 0 Å². The minimum Gasteiger partial charge on any atom is -0.465 e. The zero-order valence-electron chi connectivity index (χ0n) is 21.9. The molecule has 5 N–H and O–H groups in total. The lowest BCUT2D eigenvalue weighted by Crippen LogP contribution is -2.49.